The third kappa shape index (κ3) is 8.54. The van der Waals surface area contributed by atoms with Crippen LogP contribution in [0.15, 0.2) is 24.3 Å². The molecule has 6 nitrogen and oxygen atoms in total. The van der Waals surface area contributed by atoms with E-state index >= 15 is 0 Å². The second kappa shape index (κ2) is 12.5. The van der Waals surface area contributed by atoms with Gasteiger partial charge < -0.3 is 19.3 Å². The second-order valence-corrected chi connectivity index (χ2v) is 6.14. The Morgan fingerprint density at radius 2 is 1.65 bits per heavy atom. The summed E-state index contributed by atoms with van der Waals surface area (Å²) < 4.78 is 10.5. The maximum atomic E-state index is 12.5. The molecular formula is C19H29ClN2O4. The molecule has 0 saturated carbocycles. The van der Waals surface area contributed by atoms with Crippen LogP contribution in [0.25, 0.3) is 0 Å². The third-order valence-corrected chi connectivity index (χ3v) is 4.25. The number of likely N-dealkylation sites (N-methyl/N-ethyl adjacent to an activating group) is 1. The summed E-state index contributed by atoms with van der Waals surface area (Å²) in [6.45, 7) is 9.64. The Labute approximate surface area is 161 Å². The average molecular weight is 385 g/mol. The van der Waals surface area contributed by atoms with E-state index in [1.807, 2.05) is 0 Å². The third-order valence-electron chi connectivity index (χ3n) is 4.00. The number of halogens is 1. The van der Waals surface area contributed by atoms with Gasteiger partial charge in [-0.2, -0.15) is 0 Å². The molecule has 0 aliphatic heterocycles. The quantitative estimate of drug-likeness (QED) is 0.518. The lowest BCUT2D eigenvalue weighted by molar-refractivity contribution is -0.144. The highest BCUT2D eigenvalue weighted by Crippen LogP contribution is 2.15. The monoisotopic (exact) mass is 384 g/mol. The molecule has 1 amide bonds. The van der Waals surface area contributed by atoms with E-state index in [2.05, 4.69) is 18.7 Å². The Balaban J connectivity index is 2.60. The fourth-order valence-electron chi connectivity index (χ4n) is 2.39. The molecule has 0 aliphatic rings. The molecule has 0 atom stereocenters. The van der Waals surface area contributed by atoms with E-state index in [0.717, 1.165) is 19.6 Å². The van der Waals surface area contributed by atoms with Crippen molar-refractivity contribution in [3.63, 3.8) is 0 Å². The normalized spacial score (nSPS) is 10.7. The standard InChI is InChI=1S/C19H29ClN2O4/c1-4-21(5-2)13-14-22(12-11-19(24)25-6-3)18(23)15-26-17-9-7-16(20)8-10-17/h7-10H,4-6,11-15H2,1-3H3. The van der Waals surface area contributed by atoms with Crippen LogP contribution in [0.4, 0.5) is 0 Å². The van der Waals surface area contributed by atoms with E-state index in [9.17, 15) is 9.59 Å². The lowest BCUT2D eigenvalue weighted by Gasteiger charge is -2.26. The Bertz CT molecular complexity index is 547. The first-order valence-electron chi connectivity index (χ1n) is 9.04. The van der Waals surface area contributed by atoms with Crippen LogP contribution in [-0.4, -0.2) is 67.6 Å². The van der Waals surface area contributed by atoms with Gasteiger partial charge in [0.05, 0.1) is 13.0 Å². The van der Waals surface area contributed by atoms with Gasteiger partial charge >= 0.3 is 5.97 Å². The molecule has 26 heavy (non-hydrogen) atoms. The van der Waals surface area contributed by atoms with Crippen molar-refractivity contribution in [1.29, 1.82) is 0 Å². The maximum absolute atomic E-state index is 12.5. The summed E-state index contributed by atoms with van der Waals surface area (Å²) in [4.78, 5) is 28.0. The predicted molar refractivity (Wildman–Crippen MR) is 103 cm³/mol. The van der Waals surface area contributed by atoms with E-state index in [0.29, 0.717) is 30.5 Å². The molecule has 0 unspecified atom stereocenters. The highest BCUT2D eigenvalue weighted by Gasteiger charge is 2.17. The van der Waals surface area contributed by atoms with Gasteiger partial charge in [0.2, 0.25) is 0 Å². The van der Waals surface area contributed by atoms with Gasteiger partial charge in [0, 0.05) is 24.7 Å². The Morgan fingerprint density at radius 1 is 1.00 bits per heavy atom. The summed E-state index contributed by atoms with van der Waals surface area (Å²) in [5, 5.41) is 0.610. The van der Waals surface area contributed by atoms with Crippen molar-refractivity contribution in [2.24, 2.45) is 0 Å². The highest BCUT2D eigenvalue weighted by molar-refractivity contribution is 6.30. The van der Waals surface area contributed by atoms with Crippen molar-refractivity contribution in [3.05, 3.63) is 29.3 Å². The minimum Gasteiger partial charge on any atom is -0.484 e. The first-order chi connectivity index (χ1) is 12.5. The largest absolute Gasteiger partial charge is 0.484 e. The number of amides is 1. The van der Waals surface area contributed by atoms with Crippen LogP contribution in [0.3, 0.4) is 0 Å². The molecule has 1 aromatic carbocycles. The van der Waals surface area contributed by atoms with Crippen molar-refractivity contribution in [3.8, 4) is 5.75 Å². The summed E-state index contributed by atoms with van der Waals surface area (Å²) in [6, 6.07) is 6.85. The zero-order valence-electron chi connectivity index (χ0n) is 15.9. The van der Waals surface area contributed by atoms with Gasteiger partial charge in [0.25, 0.3) is 5.91 Å². The van der Waals surface area contributed by atoms with Crippen molar-refractivity contribution in [1.82, 2.24) is 9.80 Å². The van der Waals surface area contributed by atoms with Crippen LogP contribution < -0.4 is 4.74 Å². The molecule has 146 valence electrons. The van der Waals surface area contributed by atoms with Gasteiger partial charge in [0.15, 0.2) is 6.61 Å². The Kier molecular flexibility index (Phi) is 10.7. The number of esters is 1. The minimum absolute atomic E-state index is 0.0806. The van der Waals surface area contributed by atoms with Crippen molar-refractivity contribution in [2.45, 2.75) is 27.2 Å². The molecule has 0 spiro atoms. The van der Waals surface area contributed by atoms with Gasteiger partial charge in [0.1, 0.15) is 5.75 Å². The summed E-state index contributed by atoms with van der Waals surface area (Å²) in [7, 11) is 0. The van der Waals surface area contributed by atoms with Crippen molar-refractivity contribution >= 4 is 23.5 Å². The molecular weight excluding hydrogens is 356 g/mol. The number of rotatable bonds is 12. The first kappa shape index (κ1) is 22.3. The SMILES string of the molecule is CCOC(=O)CCN(CCN(CC)CC)C(=O)COc1ccc(Cl)cc1. The Morgan fingerprint density at radius 3 is 2.23 bits per heavy atom. The number of carbonyl (C=O) groups excluding carboxylic acids is 2. The topological polar surface area (TPSA) is 59.1 Å². The molecule has 0 heterocycles. The van der Waals surface area contributed by atoms with Crippen LogP contribution >= 0.6 is 11.6 Å². The number of hydrogen-bond donors (Lipinski definition) is 0. The molecule has 0 fully saturated rings. The number of ether oxygens (including phenoxy) is 2. The van der Waals surface area contributed by atoms with Gasteiger partial charge in [-0.25, -0.2) is 0 Å². The summed E-state index contributed by atoms with van der Waals surface area (Å²) >= 11 is 5.84. The van der Waals surface area contributed by atoms with Gasteiger partial charge in [-0.3, -0.25) is 9.59 Å². The molecule has 0 aromatic heterocycles. The molecule has 7 heteroatoms. The zero-order chi connectivity index (χ0) is 19.4. The van der Waals surface area contributed by atoms with Crippen molar-refractivity contribution < 1.29 is 19.1 Å². The molecule has 0 saturated heterocycles. The average Bonchev–Trinajstić information content (AvgIpc) is 2.64. The lowest BCUT2D eigenvalue weighted by Crippen LogP contribution is -2.42. The molecule has 0 aliphatic carbocycles. The maximum Gasteiger partial charge on any atom is 0.307 e. The zero-order valence-corrected chi connectivity index (χ0v) is 16.6. The van der Waals surface area contributed by atoms with Crippen LogP contribution in [0.1, 0.15) is 27.2 Å². The van der Waals surface area contributed by atoms with Gasteiger partial charge in [-0.1, -0.05) is 25.4 Å². The second-order valence-electron chi connectivity index (χ2n) is 5.71. The van der Waals surface area contributed by atoms with Gasteiger partial charge in [-0.05, 0) is 44.3 Å². The molecule has 1 aromatic rings. The number of carbonyl (C=O) groups is 2. The van der Waals surface area contributed by atoms with Gasteiger partial charge in [-0.15, -0.1) is 0 Å². The molecule has 0 N–H and O–H groups in total. The van der Waals surface area contributed by atoms with E-state index < -0.39 is 0 Å². The van der Waals surface area contributed by atoms with Crippen LogP contribution in [0, 0.1) is 0 Å². The minimum atomic E-state index is -0.299. The molecule has 0 radical (unpaired) electrons. The Hall–Kier alpha value is -1.79. The summed E-state index contributed by atoms with van der Waals surface area (Å²) in [5.74, 6) is 0.125. The highest BCUT2D eigenvalue weighted by atomic mass is 35.5. The number of benzene rings is 1. The first-order valence-corrected chi connectivity index (χ1v) is 9.42. The fourth-order valence-corrected chi connectivity index (χ4v) is 2.52. The van der Waals surface area contributed by atoms with Crippen molar-refractivity contribution in [2.75, 3.05) is 45.9 Å². The van der Waals surface area contributed by atoms with E-state index in [4.69, 9.17) is 21.1 Å². The summed E-state index contributed by atoms with van der Waals surface area (Å²) in [6.07, 6.45) is 0.179. The molecule has 1 rings (SSSR count). The van der Waals surface area contributed by atoms with E-state index in [1.165, 1.54) is 0 Å². The predicted octanol–water partition coefficient (Wildman–Crippen LogP) is 2.84. The van der Waals surface area contributed by atoms with Crippen LogP contribution in [0.2, 0.25) is 5.02 Å². The lowest BCUT2D eigenvalue weighted by atomic mass is 10.3. The number of hydrogen-bond acceptors (Lipinski definition) is 5. The number of nitrogens with zero attached hydrogens (tertiary/aromatic N) is 2. The summed E-state index contributed by atoms with van der Waals surface area (Å²) in [5.41, 5.74) is 0. The van der Waals surface area contributed by atoms with Crippen LogP contribution in [-0.2, 0) is 14.3 Å². The smallest absolute Gasteiger partial charge is 0.307 e. The van der Waals surface area contributed by atoms with E-state index in [1.54, 1.807) is 36.1 Å². The fraction of sp³-hybridized carbons (Fsp3) is 0.579. The molecule has 0 bridgehead atoms. The van der Waals surface area contributed by atoms with Crippen LogP contribution in [0.5, 0.6) is 5.75 Å². The van der Waals surface area contributed by atoms with E-state index in [-0.39, 0.29) is 24.9 Å².